The van der Waals surface area contributed by atoms with Crippen molar-refractivity contribution in [3.05, 3.63) is 34.1 Å². The van der Waals surface area contributed by atoms with Gasteiger partial charge in [0.25, 0.3) is 0 Å². The molecule has 0 radical (unpaired) electrons. The van der Waals surface area contributed by atoms with Crippen molar-refractivity contribution in [2.75, 3.05) is 5.75 Å². The molecule has 1 aliphatic heterocycles. The monoisotopic (exact) mass is 364 g/mol. The van der Waals surface area contributed by atoms with Gasteiger partial charge in [-0.3, -0.25) is 11.3 Å². The van der Waals surface area contributed by atoms with Crippen LogP contribution in [0.15, 0.2) is 22.7 Å². The van der Waals surface area contributed by atoms with Gasteiger partial charge in [-0.05, 0) is 43.0 Å². The van der Waals surface area contributed by atoms with Gasteiger partial charge < -0.3 is 0 Å². The first-order valence-corrected chi connectivity index (χ1v) is 9.06. The van der Waals surface area contributed by atoms with E-state index in [1.807, 2.05) is 0 Å². The molecular formula is C13H18BrFN2O2S. The predicted molar refractivity (Wildman–Crippen MR) is 80.3 cm³/mol. The van der Waals surface area contributed by atoms with Gasteiger partial charge in [0, 0.05) is 10.5 Å². The lowest BCUT2D eigenvalue weighted by atomic mass is 10.00. The van der Waals surface area contributed by atoms with E-state index in [4.69, 9.17) is 5.84 Å². The number of rotatable bonds is 4. The van der Waals surface area contributed by atoms with Crippen molar-refractivity contribution in [1.82, 2.24) is 5.43 Å². The molecule has 0 aliphatic carbocycles. The summed E-state index contributed by atoms with van der Waals surface area (Å²) in [5, 5.41) is -0.503. The van der Waals surface area contributed by atoms with Gasteiger partial charge in [0.1, 0.15) is 5.82 Å². The van der Waals surface area contributed by atoms with Crippen molar-refractivity contribution in [3.8, 4) is 0 Å². The molecule has 7 heteroatoms. The molecule has 1 heterocycles. The molecule has 20 heavy (non-hydrogen) atoms. The summed E-state index contributed by atoms with van der Waals surface area (Å²) in [4.78, 5) is 0. The third-order valence-electron chi connectivity index (χ3n) is 3.74. The number of sulfone groups is 1. The number of benzene rings is 1. The highest BCUT2D eigenvalue weighted by Gasteiger charge is 2.35. The van der Waals surface area contributed by atoms with E-state index in [1.54, 1.807) is 6.07 Å². The van der Waals surface area contributed by atoms with Crippen molar-refractivity contribution in [2.24, 2.45) is 5.84 Å². The number of hydrogen-bond donors (Lipinski definition) is 2. The van der Waals surface area contributed by atoms with E-state index in [-0.39, 0.29) is 11.6 Å². The Hall–Kier alpha value is -0.500. The van der Waals surface area contributed by atoms with E-state index < -0.39 is 21.1 Å². The summed E-state index contributed by atoms with van der Waals surface area (Å²) in [6.45, 7) is 0. The first-order valence-electron chi connectivity index (χ1n) is 6.55. The van der Waals surface area contributed by atoms with Crippen LogP contribution in [-0.4, -0.2) is 25.5 Å². The summed E-state index contributed by atoms with van der Waals surface area (Å²) >= 11 is 3.36. The van der Waals surface area contributed by atoms with E-state index >= 15 is 0 Å². The number of nitrogens with two attached hydrogens (primary N) is 1. The minimum absolute atomic E-state index is 0.208. The smallest absolute Gasteiger partial charge is 0.154 e. The zero-order chi connectivity index (χ0) is 14.8. The normalized spacial score (nSPS) is 23.4. The highest BCUT2D eigenvalue weighted by molar-refractivity contribution is 9.10. The van der Waals surface area contributed by atoms with Crippen molar-refractivity contribution in [3.63, 3.8) is 0 Å². The zero-order valence-electron chi connectivity index (χ0n) is 11.0. The molecule has 0 bridgehead atoms. The van der Waals surface area contributed by atoms with E-state index in [9.17, 15) is 12.8 Å². The van der Waals surface area contributed by atoms with Gasteiger partial charge in [0.15, 0.2) is 9.84 Å². The molecule has 4 nitrogen and oxygen atoms in total. The first-order chi connectivity index (χ1) is 9.44. The van der Waals surface area contributed by atoms with E-state index in [2.05, 4.69) is 21.4 Å². The van der Waals surface area contributed by atoms with Crippen LogP contribution in [0, 0.1) is 5.82 Å². The molecule has 0 spiro atoms. The SMILES string of the molecule is NNC(Cc1cc(F)ccc1Br)C1CCCCS1(=O)=O. The van der Waals surface area contributed by atoms with Crippen LogP contribution in [0.3, 0.4) is 0 Å². The van der Waals surface area contributed by atoms with E-state index in [1.165, 1.54) is 12.1 Å². The van der Waals surface area contributed by atoms with Crippen molar-refractivity contribution in [2.45, 2.75) is 37.0 Å². The summed E-state index contributed by atoms with van der Waals surface area (Å²) in [6, 6.07) is 3.98. The minimum atomic E-state index is -3.13. The van der Waals surface area contributed by atoms with Gasteiger partial charge in [-0.25, -0.2) is 12.8 Å². The molecule has 1 aliphatic rings. The Morgan fingerprint density at radius 2 is 2.20 bits per heavy atom. The molecule has 0 amide bonds. The summed E-state index contributed by atoms with van der Waals surface area (Å²) in [5.74, 6) is 5.40. The maximum absolute atomic E-state index is 13.3. The third kappa shape index (κ3) is 3.58. The Labute approximate surface area is 126 Å². The molecule has 0 aromatic heterocycles. The van der Waals surface area contributed by atoms with Gasteiger partial charge in [-0.15, -0.1) is 0 Å². The topological polar surface area (TPSA) is 72.2 Å². The molecule has 2 atom stereocenters. The lowest BCUT2D eigenvalue weighted by Crippen LogP contribution is -2.50. The lowest BCUT2D eigenvalue weighted by molar-refractivity contribution is 0.439. The molecule has 1 aromatic carbocycles. The van der Waals surface area contributed by atoms with Crippen LogP contribution >= 0.6 is 15.9 Å². The summed E-state index contributed by atoms with van der Waals surface area (Å²) in [7, 11) is -3.13. The average Bonchev–Trinajstić information content (AvgIpc) is 2.40. The standard InChI is InChI=1S/C13H18BrFN2O2S/c14-11-5-4-10(15)7-9(11)8-12(17-16)13-3-1-2-6-20(13,18)19/h4-5,7,12-13,17H,1-3,6,8,16H2. The van der Waals surface area contributed by atoms with Gasteiger partial charge in [-0.2, -0.15) is 0 Å². The lowest BCUT2D eigenvalue weighted by Gasteiger charge is -2.29. The minimum Gasteiger partial charge on any atom is -0.271 e. The average molecular weight is 365 g/mol. The number of hydrazine groups is 1. The highest BCUT2D eigenvalue weighted by atomic mass is 79.9. The molecule has 1 saturated heterocycles. The Kier molecular flexibility index (Phi) is 5.17. The van der Waals surface area contributed by atoms with Gasteiger partial charge >= 0.3 is 0 Å². The van der Waals surface area contributed by atoms with Crippen LogP contribution in [0.25, 0.3) is 0 Å². The number of nitrogens with one attached hydrogen (secondary N) is 1. The highest BCUT2D eigenvalue weighted by Crippen LogP contribution is 2.26. The fraction of sp³-hybridized carbons (Fsp3) is 0.538. The second kappa shape index (κ2) is 6.51. The van der Waals surface area contributed by atoms with Crippen LogP contribution in [0.2, 0.25) is 0 Å². The fourth-order valence-electron chi connectivity index (χ4n) is 2.67. The Bertz CT molecular complexity index is 580. The molecule has 3 N–H and O–H groups in total. The second-order valence-corrected chi connectivity index (χ2v) is 8.31. The zero-order valence-corrected chi connectivity index (χ0v) is 13.4. The fourth-order valence-corrected chi connectivity index (χ4v) is 5.18. The molecule has 0 saturated carbocycles. The van der Waals surface area contributed by atoms with Crippen LogP contribution < -0.4 is 11.3 Å². The van der Waals surface area contributed by atoms with E-state index in [0.717, 1.165) is 10.9 Å². The van der Waals surface area contributed by atoms with Crippen molar-refractivity contribution in [1.29, 1.82) is 0 Å². The molecule has 1 aromatic rings. The van der Waals surface area contributed by atoms with E-state index in [0.29, 0.717) is 24.8 Å². The molecule has 1 fully saturated rings. The Balaban J connectivity index is 2.22. The number of hydrogen-bond acceptors (Lipinski definition) is 4. The van der Waals surface area contributed by atoms with Gasteiger partial charge in [-0.1, -0.05) is 22.4 Å². The largest absolute Gasteiger partial charge is 0.271 e. The van der Waals surface area contributed by atoms with Crippen LogP contribution in [0.1, 0.15) is 24.8 Å². The molecular weight excluding hydrogens is 347 g/mol. The Morgan fingerprint density at radius 3 is 2.85 bits per heavy atom. The summed E-state index contributed by atoms with van der Waals surface area (Å²) in [5.41, 5.74) is 3.32. The summed E-state index contributed by atoms with van der Waals surface area (Å²) in [6.07, 6.45) is 2.56. The molecule has 2 unspecified atom stereocenters. The Morgan fingerprint density at radius 1 is 1.45 bits per heavy atom. The molecule has 112 valence electrons. The number of halogens is 2. The second-order valence-electron chi connectivity index (χ2n) is 5.11. The van der Waals surface area contributed by atoms with Gasteiger partial charge in [0.05, 0.1) is 11.0 Å². The quantitative estimate of drug-likeness (QED) is 0.632. The maximum atomic E-state index is 13.3. The maximum Gasteiger partial charge on any atom is 0.154 e. The van der Waals surface area contributed by atoms with Crippen LogP contribution in [0.5, 0.6) is 0 Å². The van der Waals surface area contributed by atoms with Crippen molar-refractivity contribution >= 4 is 25.8 Å². The predicted octanol–water partition coefficient (Wildman–Crippen LogP) is 1.93. The first kappa shape index (κ1) is 15.9. The van der Waals surface area contributed by atoms with Crippen LogP contribution in [0.4, 0.5) is 4.39 Å². The van der Waals surface area contributed by atoms with Crippen LogP contribution in [-0.2, 0) is 16.3 Å². The summed E-state index contributed by atoms with van der Waals surface area (Å²) < 4.78 is 38.3. The van der Waals surface area contributed by atoms with Gasteiger partial charge in [0.2, 0.25) is 0 Å². The van der Waals surface area contributed by atoms with Crippen molar-refractivity contribution < 1.29 is 12.8 Å². The molecule has 2 rings (SSSR count). The third-order valence-corrected chi connectivity index (χ3v) is 6.86.